The quantitative estimate of drug-likeness (QED) is 0.813. The van der Waals surface area contributed by atoms with Gasteiger partial charge in [-0.15, -0.1) is 0 Å². The maximum absolute atomic E-state index is 12.1. The van der Waals surface area contributed by atoms with Gasteiger partial charge >= 0.3 is 6.61 Å². The third-order valence-electron chi connectivity index (χ3n) is 3.66. The Kier molecular flexibility index (Phi) is 5.50. The molecule has 1 aliphatic carbocycles. The average molecular weight is 299 g/mol. The van der Waals surface area contributed by atoms with E-state index in [-0.39, 0.29) is 18.2 Å². The molecule has 21 heavy (non-hydrogen) atoms. The first-order valence-electron chi connectivity index (χ1n) is 7.04. The van der Waals surface area contributed by atoms with Gasteiger partial charge in [-0.1, -0.05) is 18.6 Å². The van der Waals surface area contributed by atoms with Crippen LogP contribution in [0.4, 0.5) is 8.78 Å². The average Bonchev–Trinajstić information content (AvgIpc) is 2.40. The Balaban J connectivity index is 1.81. The number of alkyl halides is 2. The van der Waals surface area contributed by atoms with Gasteiger partial charge < -0.3 is 15.2 Å². The number of ether oxygens (including phenoxy) is 1. The van der Waals surface area contributed by atoms with Crippen LogP contribution in [0.5, 0.6) is 5.75 Å². The zero-order valence-corrected chi connectivity index (χ0v) is 11.6. The van der Waals surface area contributed by atoms with E-state index in [1.807, 2.05) is 0 Å². The van der Waals surface area contributed by atoms with Crippen molar-refractivity contribution in [1.29, 1.82) is 0 Å². The number of benzene rings is 1. The van der Waals surface area contributed by atoms with Crippen LogP contribution < -0.4 is 10.1 Å². The number of halogens is 2. The number of nitrogens with one attached hydrogen (secondary N) is 1. The Bertz CT molecular complexity index is 478. The van der Waals surface area contributed by atoms with Gasteiger partial charge in [0.1, 0.15) is 5.75 Å². The first-order chi connectivity index (χ1) is 10.0. The number of carbonyl (C=O) groups excluding carboxylic acids is 1. The van der Waals surface area contributed by atoms with Gasteiger partial charge in [0.2, 0.25) is 5.91 Å². The topological polar surface area (TPSA) is 58.6 Å². The molecule has 1 aromatic rings. The van der Waals surface area contributed by atoms with E-state index in [9.17, 15) is 18.7 Å². The third-order valence-corrected chi connectivity index (χ3v) is 3.66. The summed E-state index contributed by atoms with van der Waals surface area (Å²) in [4.78, 5) is 11.6. The molecule has 2 rings (SSSR count). The molecule has 0 saturated heterocycles. The zero-order valence-electron chi connectivity index (χ0n) is 11.6. The Morgan fingerprint density at radius 1 is 1.43 bits per heavy atom. The fourth-order valence-corrected chi connectivity index (χ4v) is 2.26. The lowest BCUT2D eigenvalue weighted by Gasteiger charge is -2.24. The fraction of sp³-hybridized carbons (Fsp3) is 0.533. The Morgan fingerprint density at radius 2 is 2.19 bits per heavy atom. The van der Waals surface area contributed by atoms with Crippen LogP contribution in [0.1, 0.15) is 37.4 Å². The lowest BCUT2D eigenvalue weighted by Crippen LogP contribution is -2.31. The molecule has 0 heterocycles. The van der Waals surface area contributed by atoms with E-state index in [4.69, 9.17) is 0 Å². The maximum Gasteiger partial charge on any atom is 0.387 e. The summed E-state index contributed by atoms with van der Waals surface area (Å²) in [7, 11) is 0. The maximum atomic E-state index is 12.1. The predicted octanol–water partition coefficient (Wildman–Crippen LogP) is 2.63. The molecule has 1 amide bonds. The lowest BCUT2D eigenvalue weighted by molar-refractivity contribution is -0.123. The molecule has 0 radical (unpaired) electrons. The monoisotopic (exact) mass is 299 g/mol. The van der Waals surface area contributed by atoms with Gasteiger partial charge in [-0.05, 0) is 36.5 Å². The molecule has 1 unspecified atom stereocenters. The molecular weight excluding hydrogens is 280 g/mol. The van der Waals surface area contributed by atoms with E-state index in [0.717, 1.165) is 12.8 Å². The summed E-state index contributed by atoms with van der Waals surface area (Å²) in [6.07, 6.45) is 2.89. The van der Waals surface area contributed by atoms with E-state index in [1.54, 1.807) is 6.07 Å². The van der Waals surface area contributed by atoms with Crippen LogP contribution in [0.2, 0.25) is 0 Å². The second-order valence-corrected chi connectivity index (χ2v) is 5.27. The van der Waals surface area contributed by atoms with Gasteiger partial charge in [0.05, 0.1) is 6.10 Å². The van der Waals surface area contributed by atoms with E-state index in [1.165, 1.54) is 24.6 Å². The molecule has 1 saturated carbocycles. The van der Waals surface area contributed by atoms with Gasteiger partial charge in [-0.2, -0.15) is 8.78 Å². The van der Waals surface area contributed by atoms with Crippen molar-refractivity contribution in [2.75, 3.05) is 6.54 Å². The van der Waals surface area contributed by atoms with Crippen molar-refractivity contribution in [2.24, 2.45) is 5.92 Å². The molecule has 1 fully saturated rings. The van der Waals surface area contributed by atoms with Crippen molar-refractivity contribution in [3.63, 3.8) is 0 Å². The van der Waals surface area contributed by atoms with Crippen LogP contribution in [0.3, 0.4) is 0 Å². The molecule has 1 aliphatic rings. The highest BCUT2D eigenvalue weighted by molar-refractivity contribution is 5.76. The minimum absolute atomic E-state index is 0.0117. The van der Waals surface area contributed by atoms with Gasteiger partial charge in [0.25, 0.3) is 0 Å². The molecule has 1 atom stereocenters. The van der Waals surface area contributed by atoms with Crippen LogP contribution >= 0.6 is 0 Å². The van der Waals surface area contributed by atoms with Gasteiger partial charge in [0, 0.05) is 13.0 Å². The third kappa shape index (κ3) is 4.97. The molecule has 2 N–H and O–H groups in total. The van der Waals surface area contributed by atoms with Crippen molar-refractivity contribution >= 4 is 5.91 Å². The van der Waals surface area contributed by atoms with Crippen molar-refractivity contribution in [3.05, 3.63) is 29.8 Å². The zero-order chi connectivity index (χ0) is 15.2. The summed E-state index contributed by atoms with van der Waals surface area (Å²) in [5, 5.41) is 12.6. The first-order valence-corrected chi connectivity index (χ1v) is 7.04. The molecule has 1 aromatic carbocycles. The Hall–Kier alpha value is -1.69. The lowest BCUT2D eigenvalue weighted by atomic mass is 9.83. The molecule has 116 valence electrons. The normalized spacial score (nSPS) is 16.4. The molecule has 6 heteroatoms. The summed E-state index contributed by atoms with van der Waals surface area (Å²) < 4.78 is 28.5. The van der Waals surface area contributed by atoms with Crippen LogP contribution in [-0.2, 0) is 4.79 Å². The van der Waals surface area contributed by atoms with Crippen molar-refractivity contribution in [1.82, 2.24) is 5.32 Å². The number of rotatable bonds is 7. The fourth-order valence-electron chi connectivity index (χ4n) is 2.26. The molecule has 0 aliphatic heterocycles. The first kappa shape index (κ1) is 15.7. The Labute approximate surface area is 122 Å². The van der Waals surface area contributed by atoms with Gasteiger partial charge in [-0.25, -0.2) is 0 Å². The largest absolute Gasteiger partial charge is 0.435 e. The minimum Gasteiger partial charge on any atom is -0.435 e. The second kappa shape index (κ2) is 7.36. The van der Waals surface area contributed by atoms with Gasteiger partial charge in [-0.3, -0.25) is 4.79 Å². The molecule has 0 aromatic heterocycles. The van der Waals surface area contributed by atoms with Gasteiger partial charge in [0.15, 0.2) is 0 Å². The highest BCUT2D eigenvalue weighted by atomic mass is 19.3. The van der Waals surface area contributed by atoms with Crippen LogP contribution in [0.25, 0.3) is 0 Å². The van der Waals surface area contributed by atoms with Crippen molar-refractivity contribution in [3.8, 4) is 5.75 Å². The summed E-state index contributed by atoms with van der Waals surface area (Å²) in [5.41, 5.74) is 0.428. The smallest absolute Gasteiger partial charge is 0.387 e. The number of amides is 1. The summed E-state index contributed by atoms with van der Waals surface area (Å²) in [6.45, 7) is -2.84. The summed E-state index contributed by atoms with van der Waals surface area (Å²) in [5.74, 6) is 0.367. The van der Waals surface area contributed by atoms with E-state index < -0.39 is 12.7 Å². The van der Waals surface area contributed by atoms with Crippen LogP contribution in [0, 0.1) is 5.92 Å². The number of aliphatic hydroxyl groups is 1. The SMILES string of the molecule is O=C(CC1CCC1)NCC(O)c1cccc(OC(F)F)c1. The molecule has 4 nitrogen and oxygen atoms in total. The second-order valence-electron chi connectivity index (χ2n) is 5.27. The highest BCUT2D eigenvalue weighted by Crippen LogP contribution is 2.29. The summed E-state index contributed by atoms with van der Waals surface area (Å²) in [6, 6.07) is 5.85. The number of aliphatic hydroxyl groups excluding tert-OH is 1. The van der Waals surface area contributed by atoms with Crippen LogP contribution in [-0.4, -0.2) is 24.2 Å². The highest BCUT2D eigenvalue weighted by Gasteiger charge is 2.21. The standard InChI is InChI=1S/C15H19F2NO3/c16-15(17)21-12-6-2-5-11(8-12)13(19)9-18-14(20)7-10-3-1-4-10/h2,5-6,8,10,13,15,19H,1,3-4,7,9H2,(H,18,20). The molecule has 0 spiro atoms. The predicted molar refractivity (Wildman–Crippen MR) is 73.0 cm³/mol. The molecule has 0 bridgehead atoms. The van der Waals surface area contributed by atoms with Crippen molar-refractivity contribution in [2.45, 2.75) is 38.4 Å². The van der Waals surface area contributed by atoms with E-state index in [2.05, 4.69) is 10.1 Å². The Morgan fingerprint density at radius 3 is 2.81 bits per heavy atom. The van der Waals surface area contributed by atoms with E-state index in [0.29, 0.717) is 17.9 Å². The number of carbonyl (C=O) groups is 1. The summed E-state index contributed by atoms with van der Waals surface area (Å²) >= 11 is 0. The number of hydrogen-bond donors (Lipinski definition) is 2. The van der Waals surface area contributed by atoms with Crippen molar-refractivity contribution < 1.29 is 23.4 Å². The number of hydrogen-bond acceptors (Lipinski definition) is 3. The van der Waals surface area contributed by atoms with Crippen LogP contribution in [0.15, 0.2) is 24.3 Å². The minimum atomic E-state index is -2.90. The van der Waals surface area contributed by atoms with E-state index >= 15 is 0 Å². The molecular formula is C15H19F2NO3.